The van der Waals surface area contributed by atoms with Crippen molar-refractivity contribution in [2.24, 2.45) is 0 Å². The van der Waals surface area contributed by atoms with E-state index in [4.69, 9.17) is 9.47 Å². The van der Waals surface area contributed by atoms with Gasteiger partial charge in [0.25, 0.3) is 5.91 Å². The van der Waals surface area contributed by atoms with Crippen molar-refractivity contribution >= 4 is 17.6 Å². The van der Waals surface area contributed by atoms with Crippen LogP contribution in [0.1, 0.15) is 25.5 Å². The van der Waals surface area contributed by atoms with Gasteiger partial charge in [-0.15, -0.1) is 0 Å². The zero-order chi connectivity index (χ0) is 22.4. The zero-order valence-electron chi connectivity index (χ0n) is 17.3. The molecule has 1 aliphatic heterocycles. The Hall–Kier alpha value is -3.81. The highest BCUT2D eigenvalue weighted by Gasteiger charge is 2.32. The summed E-state index contributed by atoms with van der Waals surface area (Å²) in [5.74, 6) is 0.195. The Kier molecular flexibility index (Phi) is 6.92. The fourth-order valence-corrected chi connectivity index (χ4v) is 3.22. The number of rotatable bonds is 8. The van der Waals surface area contributed by atoms with Crippen molar-refractivity contribution in [1.82, 2.24) is 10.6 Å². The van der Waals surface area contributed by atoms with Crippen molar-refractivity contribution in [3.05, 3.63) is 77.8 Å². The third-order valence-corrected chi connectivity index (χ3v) is 4.57. The summed E-state index contributed by atoms with van der Waals surface area (Å²) in [6.07, 6.45) is 1.63. The third-order valence-electron chi connectivity index (χ3n) is 4.57. The third kappa shape index (κ3) is 5.22. The Morgan fingerprint density at radius 3 is 2.61 bits per heavy atom. The summed E-state index contributed by atoms with van der Waals surface area (Å²) < 4.78 is 24.5. The van der Waals surface area contributed by atoms with Gasteiger partial charge in [-0.25, -0.2) is 9.18 Å². The van der Waals surface area contributed by atoms with Gasteiger partial charge in [0.15, 0.2) is 11.5 Å². The van der Waals surface area contributed by atoms with Crippen LogP contribution >= 0.6 is 0 Å². The molecule has 0 radical (unpaired) electrons. The molecular formula is C23H24FN3O4. The van der Waals surface area contributed by atoms with Crippen LogP contribution in [0.15, 0.2) is 66.4 Å². The van der Waals surface area contributed by atoms with Gasteiger partial charge in [0.05, 0.1) is 18.2 Å². The summed E-state index contributed by atoms with van der Waals surface area (Å²) in [6.45, 7) is 7.86. The van der Waals surface area contributed by atoms with Gasteiger partial charge in [0.2, 0.25) is 0 Å². The molecule has 3 rings (SSSR count). The minimum atomic E-state index is -0.721. The highest BCUT2D eigenvalue weighted by atomic mass is 19.1. The molecule has 2 aromatic rings. The van der Waals surface area contributed by atoms with E-state index in [9.17, 15) is 14.0 Å². The van der Waals surface area contributed by atoms with Gasteiger partial charge in [-0.3, -0.25) is 4.79 Å². The Labute approximate surface area is 179 Å². The SMILES string of the molecule is C=CCOc1ccc([C@H]2NC(=O)NC(C)=C2C(=O)Nc2ccc(F)cc2)cc1OCC. The first kappa shape index (κ1) is 21.9. The van der Waals surface area contributed by atoms with Crippen LogP contribution < -0.4 is 25.4 Å². The molecule has 0 saturated heterocycles. The van der Waals surface area contributed by atoms with E-state index in [1.165, 1.54) is 24.3 Å². The highest BCUT2D eigenvalue weighted by molar-refractivity contribution is 6.06. The Morgan fingerprint density at radius 2 is 1.94 bits per heavy atom. The van der Waals surface area contributed by atoms with Gasteiger partial charge in [-0.2, -0.15) is 0 Å². The molecule has 1 heterocycles. The van der Waals surface area contributed by atoms with Crippen LogP contribution in [0, 0.1) is 5.82 Å². The number of hydrogen-bond donors (Lipinski definition) is 3. The molecule has 0 bridgehead atoms. The molecule has 0 aliphatic carbocycles. The summed E-state index contributed by atoms with van der Waals surface area (Å²) in [5, 5.41) is 8.15. The Balaban J connectivity index is 1.95. The van der Waals surface area contributed by atoms with Crippen molar-refractivity contribution in [3.8, 4) is 11.5 Å². The number of allylic oxidation sites excluding steroid dienone is 1. The summed E-state index contributed by atoms with van der Waals surface area (Å²) >= 11 is 0. The normalized spacial score (nSPS) is 15.6. The second kappa shape index (κ2) is 9.80. The predicted octanol–water partition coefficient (Wildman–Crippen LogP) is 4.06. The maximum atomic E-state index is 13.2. The van der Waals surface area contributed by atoms with Crippen LogP contribution in [0.25, 0.3) is 0 Å². The lowest BCUT2D eigenvalue weighted by atomic mass is 9.94. The number of nitrogens with one attached hydrogen (secondary N) is 3. The Morgan fingerprint density at radius 1 is 1.19 bits per heavy atom. The van der Waals surface area contributed by atoms with Gasteiger partial charge in [0, 0.05) is 11.4 Å². The lowest BCUT2D eigenvalue weighted by Crippen LogP contribution is -2.46. The second-order valence-electron chi connectivity index (χ2n) is 6.77. The fraction of sp³-hybridized carbons (Fsp3) is 0.217. The van der Waals surface area contributed by atoms with Crippen LogP contribution in [0.2, 0.25) is 0 Å². The number of benzene rings is 2. The molecular weight excluding hydrogens is 401 g/mol. The minimum absolute atomic E-state index is 0.313. The minimum Gasteiger partial charge on any atom is -0.490 e. The number of urea groups is 1. The molecule has 0 saturated carbocycles. The van der Waals surface area contributed by atoms with Gasteiger partial charge in [0.1, 0.15) is 12.4 Å². The van der Waals surface area contributed by atoms with Crippen molar-refractivity contribution in [2.75, 3.05) is 18.5 Å². The summed E-state index contributed by atoms with van der Waals surface area (Å²) in [7, 11) is 0. The molecule has 8 heteroatoms. The first-order chi connectivity index (χ1) is 14.9. The maximum absolute atomic E-state index is 13.2. The van der Waals surface area contributed by atoms with Crippen LogP contribution in [0.3, 0.4) is 0 Å². The lowest BCUT2D eigenvalue weighted by Gasteiger charge is -2.29. The quantitative estimate of drug-likeness (QED) is 0.557. The van der Waals surface area contributed by atoms with Crippen LogP contribution in [-0.4, -0.2) is 25.2 Å². The monoisotopic (exact) mass is 425 g/mol. The van der Waals surface area contributed by atoms with E-state index in [2.05, 4.69) is 22.5 Å². The smallest absolute Gasteiger partial charge is 0.319 e. The largest absolute Gasteiger partial charge is 0.490 e. The molecule has 0 unspecified atom stereocenters. The number of carbonyl (C=O) groups excluding carboxylic acids is 2. The zero-order valence-corrected chi connectivity index (χ0v) is 17.3. The number of anilines is 1. The topological polar surface area (TPSA) is 88.7 Å². The first-order valence-electron chi connectivity index (χ1n) is 9.78. The van der Waals surface area contributed by atoms with E-state index in [1.54, 1.807) is 31.2 Å². The van der Waals surface area contributed by atoms with Crippen molar-refractivity contribution < 1.29 is 23.5 Å². The second-order valence-corrected chi connectivity index (χ2v) is 6.77. The molecule has 7 nitrogen and oxygen atoms in total. The predicted molar refractivity (Wildman–Crippen MR) is 115 cm³/mol. The first-order valence-corrected chi connectivity index (χ1v) is 9.78. The molecule has 0 aromatic heterocycles. The maximum Gasteiger partial charge on any atom is 0.319 e. The van der Waals surface area contributed by atoms with E-state index < -0.39 is 23.8 Å². The molecule has 1 aliphatic rings. The van der Waals surface area contributed by atoms with Crippen molar-refractivity contribution in [1.29, 1.82) is 0 Å². The molecule has 1 atom stereocenters. The van der Waals surface area contributed by atoms with Crippen LogP contribution in [0.4, 0.5) is 14.9 Å². The average Bonchev–Trinajstić information content (AvgIpc) is 2.74. The van der Waals surface area contributed by atoms with Crippen molar-refractivity contribution in [2.45, 2.75) is 19.9 Å². The van der Waals surface area contributed by atoms with Gasteiger partial charge in [-0.1, -0.05) is 18.7 Å². The molecule has 3 N–H and O–H groups in total. The number of carbonyl (C=O) groups is 2. The standard InChI is InChI=1S/C23H24FN3O4/c1-4-12-31-18-11-6-15(13-19(18)30-5-2)21-20(14(3)25-23(29)27-21)22(28)26-17-9-7-16(24)8-10-17/h4,6-11,13,21H,1,5,12H2,2-3H3,(H,26,28)(H2,25,27,29)/t21-/m1/s1. The van der Waals surface area contributed by atoms with Crippen LogP contribution in [-0.2, 0) is 4.79 Å². The van der Waals surface area contributed by atoms with E-state index in [0.29, 0.717) is 47.2 Å². The lowest BCUT2D eigenvalue weighted by molar-refractivity contribution is -0.113. The summed E-state index contributed by atoms with van der Waals surface area (Å²) in [6, 6.07) is 9.51. The summed E-state index contributed by atoms with van der Waals surface area (Å²) in [4.78, 5) is 25.2. The van der Waals surface area contributed by atoms with E-state index in [-0.39, 0.29) is 0 Å². The average molecular weight is 425 g/mol. The van der Waals surface area contributed by atoms with Gasteiger partial charge in [-0.05, 0) is 55.8 Å². The fourth-order valence-electron chi connectivity index (χ4n) is 3.22. The van der Waals surface area contributed by atoms with E-state index in [1.807, 2.05) is 6.92 Å². The molecule has 2 aromatic carbocycles. The number of ether oxygens (including phenoxy) is 2. The van der Waals surface area contributed by atoms with Crippen molar-refractivity contribution in [3.63, 3.8) is 0 Å². The molecule has 31 heavy (non-hydrogen) atoms. The Bertz CT molecular complexity index is 1020. The highest BCUT2D eigenvalue weighted by Crippen LogP contribution is 2.35. The van der Waals surface area contributed by atoms with Crippen LogP contribution in [0.5, 0.6) is 11.5 Å². The molecule has 0 fully saturated rings. The van der Waals surface area contributed by atoms with Gasteiger partial charge >= 0.3 is 6.03 Å². The molecule has 162 valence electrons. The molecule has 3 amide bonds. The van der Waals surface area contributed by atoms with Gasteiger partial charge < -0.3 is 25.4 Å². The molecule has 0 spiro atoms. The summed E-state index contributed by atoms with van der Waals surface area (Å²) in [5.41, 5.74) is 1.82. The number of amides is 3. The van der Waals surface area contributed by atoms with E-state index in [0.717, 1.165) is 0 Å². The van der Waals surface area contributed by atoms with E-state index >= 15 is 0 Å². The number of hydrogen-bond acceptors (Lipinski definition) is 4. The number of halogens is 1.